The summed E-state index contributed by atoms with van der Waals surface area (Å²) >= 11 is 6.98. The molecule has 0 aliphatic heterocycles. The van der Waals surface area contributed by atoms with Crippen LogP contribution in [0.5, 0.6) is 5.75 Å². The Bertz CT molecular complexity index is 960. The van der Waals surface area contributed by atoms with Gasteiger partial charge in [0.1, 0.15) is 16.8 Å². The zero-order valence-electron chi connectivity index (χ0n) is 13.7. The Morgan fingerprint density at radius 3 is 2.85 bits per heavy atom. The van der Waals surface area contributed by atoms with Gasteiger partial charge in [-0.2, -0.15) is 8.75 Å². The standard InChI is InChI=1S/C17H14ClN3O4S/c1-10-7-11(5-6-12(10)18)24-9-16(23)25-8-15(22)19-13-3-2-4-14-17(13)21-26-20-14/h2-7H,8-9H2,1H3,(H,19,22). The lowest BCUT2D eigenvalue weighted by Gasteiger charge is -2.09. The van der Waals surface area contributed by atoms with Crippen molar-refractivity contribution in [2.24, 2.45) is 0 Å². The number of carbonyl (C=O) groups is 2. The molecule has 3 aromatic rings. The molecule has 2 aromatic carbocycles. The number of hydrogen-bond donors (Lipinski definition) is 1. The Balaban J connectivity index is 1.47. The number of halogens is 1. The summed E-state index contributed by atoms with van der Waals surface area (Å²) < 4.78 is 18.4. The van der Waals surface area contributed by atoms with Crippen LogP contribution in [0, 0.1) is 6.92 Å². The minimum Gasteiger partial charge on any atom is -0.482 e. The maximum atomic E-state index is 12.0. The van der Waals surface area contributed by atoms with Crippen LogP contribution in [-0.2, 0) is 14.3 Å². The third-order valence-electron chi connectivity index (χ3n) is 3.41. The number of carbonyl (C=O) groups excluding carboxylic acids is 2. The number of nitrogens with zero attached hydrogens (tertiary/aromatic N) is 2. The predicted molar refractivity (Wildman–Crippen MR) is 98.7 cm³/mol. The summed E-state index contributed by atoms with van der Waals surface area (Å²) in [6.45, 7) is 1.10. The molecule has 7 nitrogen and oxygen atoms in total. The molecule has 0 aliphatic rings. The van der Waals surface area contributed by atoms with E-state index in [0.717, 1.165) is 17.3 Å². The summed E-state index contributed by atoms with van der Waals surface area (Å²) in [5.74, 6) is -0.626. The zero-order valence-corrected chi connectivity index (χ0v) is 15.3. The number of amides is 1. The second-order valence-electron chi connectivity index (χ2n) is 5.35. The van der Waals surface area contributed by atoms with Gasteiger partial charge in [0, 0.05) is 5.02 Å². The number of hydrogen-bond acceptors (Lipinski definition) is 7. The molecule has 1 heterocycles. The van der Waals surface area contributed by atoms with Crippen LogP contribution in [0.15, 0.2) is 36.4 Å². The summed E-state index contributed by atoms with van der Waals surface area (Å²) in [6.07, 6.45) is 0. The first-order chi connectivity index (χ1) is 12.5. The average Bonchev–Trinajstić information content (AvgIpc) is 3.11. The van der Waals surface area contributed by atoms with E-state index < -0.39 is 18.5 Å². The van der Waals surface area contributed by atoms with Gasteiger partial charge in [-0.3, -0.25) is 4.79 Å². The molecule has 0 saturated carbocycles. The van der Waals surface area contributed by atoms with Crippen LogP contribution in [0.4, 0.5) is 5.69 Å². The van der Waals surface area contributed by atoms with Crippen LogP contribution < -0.4 is 10.1 Å². The van der Waals surface area contributed by atoms with Gasteiger partial charge in [-0.15, -0.1) is 0 Å². The third kappa shape index (κ3) is 4.47. The Kier molecular flexibility index (Phi) is 5.65. The summed E-state index contributed by atoms with van der Waals surface area (Å²) in [5.41, 5.74) is 2.64. The highest BCUT2D eigenvalue weighted by molar-refractivity contribution is 7.00. The van der Waals surface area contributed by atoms with Crippen molar-refractivity contribution < 1.29 is 19.1 Å². The van der Waals surface area contributed by atoms with Crippen LogP contribution in [-0.4, -0.2) is 33.8 Å². The molecule has 1 aromatic heterocycles. The van der Waals surface area contributed by atoms with E-state index in [9.17, 15) is 9.59 Å². The fourth-order valence-corrected chi connectivity index (χ4v) is 2.80. The molecule has 0 spiro atoms. The normalized spacial score (nSPS) is 10.5. The molecule has 1 N–H and O–H groups in total. The van der Waals surface area contributed by atoms with Gasteiger partial charge in [-0.25, -0.2) is 4.79 Å². The SMILES string of the molecule is Cc1cc(OCC(=O)OCC(=O)Nc2cccc3nsnc23)ccc1Cl. The third-order valence-corrected chi connectivity index (χ3v) is 4.38. The first kappa shape index (κ1) is 18.1. The molecule has 0 unspecified atom stereocenters. The molecule has 0 fully saturated rings. The Labute approximate surface area is 158 Å². The second-order valence-corrected chi connectivity index (χ2v) is 6.28. The lowest BCUT2D eigenvalue weighted by molar-refractivity contribution is -0.149. The van der Waals surface area contributed by atoms with Gasteiger partial charge < -0.3 is 14.8 Å². The minimum atomic E-state index is -0.652. The topological polar surface area (TPSA) is 90.4 Å². The van der Waals surface area contributed by atoms with Crippen molar-refractivity contribution in [3.05, 3.63) is 47.0 Å². The predicted octanol–water partition coefficient (Wildman–Crippen LogP) is 3.21. The van der Waals surface area contributed by atoms with E-state index in [1.54, 1.807) is 36.4 Å². The molecule has 26 heavy (non-hydrogen) atoms. The highest BCUT2D eigenvalue weighted by Gasteiger charge is 2.12. The molecule has 0 radical (unpaired) electrons. The number of anilines is 1. The molecule has 0 saturated heterocycles. The monoisotopic (exact) mass is 391 g/mol. The smallest absolute Gasteiger partial charge is 0.344 e. The number of aromatic nitrogens is 2. The molecule has 9 heteroatoms. The van der Waals surface area contributed by atoms with Crippen LogP contribution in [0.2, 0.25) is 5.02 Å². The lowest BCUT2D eigenvalue weighted by Crippen LogP contribution is -2.23. The molecular formula is C17H14ClN3O4S. The van der Waals surface area contributed by atoms with E-state index >= 15 is 0 Å². The fourth-order valence-electron chi connectivity index (χ4n) is 2.13. The molecule has 3 rings (SSSR count). The van der Waals surface area contributed by atoms with Crippen molar-refractivity contribution in [1.29, 1.82) is 0 Å². The van der Waals surface area contributed by atoms with Crippen molar-refractivity contribution in [2.45, 2.75) is 6.92 Å². The van der Waals surface area contributed by atoms with Gasteiger partial charge in [0.25, 0.3) is 5.91 Å². The lowest BCUT2D eigenvalue weighted by atomic mass is 10.2. The van der Waals surface area contributed by atoms with Crippen molar-refractivity contribution in [2.75, 3.05) is 18.5 Å². The van der Waals surface area contributed by atoms with E-state index in [2.05, 4.69) is 14.1 Å². The Morgan fingerprint density at radius 1 is 1.19 bits per heavy atom. The molecule has 1 amide bonds. The first-order valence-electron chi connectivity index (χ1n) is 7.58. The van der Waals surface area contributed by atoms with E-state index in [0.29, 0.717) is 27.5 Å². The molecule has 134 valence electrons. The molecular weight excluding hydrogens is 378 g/mol. The summed E-state index contributed by atoms with van der Waals surface area (Å²) in [4.78, 5) is 23.7. The van der Waals surface area contributed by atoms with Crippen LogP contribution in [0.1, 0.15) is 5.56 Å². The molecule has 0 atom stereocenters. The quantitative estimate of drug-likeness (QED) is 0.649. The van der Waals surface area contributed by atoms with Gasteiger partial charge in [0.05, 0.1) is 17.4 Å². The van der Waals surface area contributed by atoms with Gasteiger partial charge in [0.15, 0.2) is 13.2 Å². The largest absolute Gasteiger partial charge is 0.482 e. The number of ether oxygens (including phenoxy) is 2. The average molecular weight is 392 g/mol. The van der Waals surface area contributed by atoms with Gasteiger partial charge in [-0.1, -0.05) is 17.7 Å². The molecule has 0 bridgehead atoms. The highest BCUT2D eigenvalue weighted by Crippen LogP contribution is 2.22. The number of fused-ring (bicyclic) bond motifs is 1. The van der Waals surface area contributed by atoms with Crippen LogP contribution >= 0.6 is 23.3 Å². The van der Waals surface area contributed by atoms with Gasteiger partial charge in [0.2, 0.25) is 0 Å². The van der Waals surface area contributed by atoms with Crippen LogP contribution in [0.3, 0.4) is 0 Å². The summed E-state index contributed by atoms with van der Waals surface area (Å²) in [5, 5.41) is 3.26. The van der Waals surface area contributed by atoms with E-state index in [1.807, 2.05) is 6.92 Å². The number of rotatable bonds is 6. The summed E-state index contributed by atoms with van der Waals surface area (Å²) in [6, 6.07) is 10.3. The minimum absolute atomic E-state index is 0.306. The van der Waals surface area contributed by atoms with E-state index in [1.165, 1.54) is 0 Å². The van der Waals surface area contributed by atoms with Crippen molar-refractivity contribution in [3.63, 3.8) is 0 Å². The maximum absolute atomic E-state index is 12.0. The van der Waals surface area contributed by atoms with E-state index in [-0.39, 0.29) is 6.61 Å². The van der Waals surface area contributed by atoms with Crippen molar-refractivity contribution >= 4 is 51.9 Å². The van der Waals surface area contributed by atoms with Crippen molar-refractivity contribution in [1.82, 2.24) is 8.75 Å². The number of esters is 1. The van der Waals surface area contributed by atoms with Crippen LogP contribution in [0.25, 0.3) is 11.0 Å². The fraction of sp³-hybridized carbons (Fsp3) is 0.176. The number of benzene rings is 2. The maximum Gasteiger partial charge on any atom is 0.344 e. The van der Waals surface area contributed by atoms with Gasteiger partial charge in [-0.05, 0) is 42.8 Å². The number of nitrogens with one attached hydrogen (secondary N) is 1. The Morgan fingerprint density at radius 2 is 2.04 bits per heavy atom. The Hall–Kier alpha value is -2.71. The first-order valence-corrected chi connectivity index (χ1v) is 8.69. The highest BCUT2D eigenvalue weighted by atomic mass is 35.5. The van der Waals surface area contributed by atoms with Crippen molar-refractivity contribution in [3.8, 4) is 5.75 Å². The van der Waals surface area contributed by atoms with Gasteiger partial charge >= 0.3 is 5.97 Å². The number of aryl methyl sites for hydroxylation is 1. The summed E-state index contributed by atoms with van der Waals surface area (Å²) in [7, 11) is 0. The second kappa shape index (κ2) is 8.11. The molecule has 0 aliphatic carbocycles. The zero-order chi connectivity index (χ0) is 18.5. The van der Waals surface area contributed by atoms with E-state index in [4.69, 9.17) is 21.1 Å².